The number of rotatable bonds is 8. The van der Waals surface area contributed by atoms with Crippen molar-refractivity contribution < 1.29 is 22.7 Å². The van der Waals surface area contributed by atoms with Gasteiger partial charge < -0.3 is 4.74 Å². The highest BCUT2D eigenvalue weighted by molar-refractivity contribution is 8.17. The molecule has 2 aliphatic rings. The third kappa shape index (κ3) is 6.65. The molecule has 1 aliphatic heterocycles. The van der Waals surface area contributed by atoms with Crippen LogP contribution in [0.5, 0.6) is 5.75 Å². The lowest BCUT2D eigenvalue weighted by atomic mass is 9.86. The van der Waals surface area contributed by atoms with Crippen molar-refractivity contribution in [2.45, 2.75) is 57.7 Å². The maximum Gasteiger partial charge on any atom is 0.573 e. The quantitative estimate of drug-likeness (QED) is 0.198. The van der Waals surface area contributed by atoms with Crippen molar-refractivity contribution in [3.05, 3.63) is 107 Å². The molecule has 0 saturated heterocycles. The number of benzene rings is 3. The van der Waals surface area contributed by atoms with Gasteiger partial charge in [0.15, 0.2) is 5.82 Å². The first-order chi connectivity index (χ1) is 21.1. The first-order valence-corrected chi connectivity index (χ1v) is 15.4. The second-order valence-electron chi connectivity index (χ2n) is 11.5. The van der Waals surface area contributed by atoms with E-state index in [1.807, 2.05) is 24.3 Å². The van der Waals surface area contributed by atoms with Gasteiger partial charge >= 0.3 is 6.36 Å². The Labute approximate surface area is 258 Å². The molecule has 1 aliphatic carbocycles. The van der Waals surface area contributed by atoms with Crippen molar-refractivity contribution in [3.8, 4) is 22.8 Å². The fourth-order valence-corrected chi connectivity index (χ4v) is 6.77. The number of amides is 1. The molecular weight excluding hydrogens is 585 g/mol. The summed E-state index contributed by atoms with van der Waals surface area (Å²) in [5.41, 5.74) is 6.26. The Morgan fingerprint density at radius 3 is 2.50 bits per heavy atom. The minimum atomic E-state index is -4.74. The van der Waals surface area contributed by atoms with E-state index >= 15 is 0 Å². The summed E-state index contributed by atoms with van der Waals surface area (Å²) in [6.07, 6.45) is -1.86. The SMILES string of the molecule is CC1=CSC(=NC(=O)CC2CC2c2ccc(-c3ncn(-c4ccc(OC(F)(F)F)cc4)n3)cc2)C1c1ccccc1C(C)C. The van der Waals surface area contributed by atoms with E-state index in [0.717, 1.165) is 22.6 Å². The lowest BCUT2D eigenvalue weighted by Crippen LogP contribution is -2.17. The number of aliphatic imine (C=N–C) groups is 1. The molecule has 0 spiro atoms. The number of hydrogen-bond acceptors (Lipinski definition) is 5. The van der Waals surface area contributed by atoms with Gasteiger partial charge in [0.05, 0.1) is 16.6 Å². The molecule has 0 bridgehead atoms. The largest absolute Gasteiger partial charge is 0.573 e. The number of alkyl halides is 3. The molecule has 3 unspecified atom stereocenters. The third-order valence-electron chi connectivity index (χ3n) is 8.01. The van der Waals surface area contributed by atoms with E-state index in [9.17, 15) is 18.0 Å². The molecule has 1 saturated carbocycles. The van der Waals surface area contributed by atoms with Gasteiger partial charge in [-0.1, -0.05) is 79.7 Å². The van der Waals surface area contributed by atoms with Crippen LogP contribution < -0.4 is 4.74 Å². The molecule has 44 heavy (non-hydrogen) atoms. The van der Waals surface area contributed by atoms with Gasteiger partial charge in [-0.3, -0.25) is 4.79 Å². The van der Waals surface area contributed by atoms with Crippen molar-refractivity contribution in [1.82, 2.24) is 14.8 Å². The first-order valence-electron chi connectivity index (χ1n) is 14.5. The number of hydrogen-bond donors (Lipinski definition) is 0. The lowest BCUT2D eigenvalue weighted by molar-refractivity contribution is -0.274. The topological polar surface area (TPSA) is 69.4 Å². The summed E-state index contributed by atoms with van der Waals surface area (Å²) in [7, 11) is 0. The van der Waals surface area contributed by atoms with Crippen LogP contribution in [-0.4, -0.2) is 32.1 Å². The van der Waals surface area contributed by atoms with Gasteiger partial charge in [-0.25, -0.2) is 14.7 Å². The molecule has 3 aromatic carbocycles. The Morgan fingerprint density at radius 2 is 1.80 bits per heavy atom. The van der Waals surface area contributed by atoms with Crippen LogP contribution in [0.3, 0.4) is 0 Å². The fourth-order valence-electron chi connectivity index (χ4n) is 5.73. The van der Waals surface area contributed by atoms with Crippen LogP contribution >= 0.6 is 11.8 Å². The van der Waals surface area contributed by atoms with E-state index in [1.54, 1.807) is 11.8 Å². The van der Waals surface area contributed by atoms with Crippen molar-refractivity contribution in [1.29, 1.82) is 0 Å². The number of nitrogens with zero attached hydrogens (tertiary/aromatic N) is 4. The Hall–Kier alpha value is -4.18. The van der Waals surface area contributed by atoms with Crippen LogP contribution in [0.2, 0.25) is 0 Å². The molecule has 0 radical (unpaired) electrons. The van der Waals surface area contributed by atoms with Crippen molar-refractivity contribution in [3.63, 3.8) is 0 Å². The van der Waals surface area contributed by atoms with Gasteiger partial charge in [-0.15, -0.1) is 18.3 Å². The Balaban J connectivity index is 1.07. The zero-order valence-electron chi connectivity index (χ0n) is 24.5. The number of ether oxygens (including phenoxy) is 1. The number of aromatic nitrogens is 3. The summed E-state index contributed by atoms with van der Waals surface area (Å²) < 4.78 is 42.7. The molecule has 6 nitrogen and oxygen atoms in total. The van der Waals surface area contributed by atoms with Crippen molar-refractivity contribution in [2.75, 3.05) is 0 Å². The van der Waals surface area contributed by atoms with Crippen LogP contribution in [0.25, 0.3) is 17.1 Å². The molecule has 0 N–H and O–H groups in total. The number of thioether (sulfide) groups is 1. The molecule has 4 aromatic rings. The summed E-state index contributed by atoms with van der Waals surface area (Å²) in [6, 6.07) is 21.8. The van der Waals surface area contributed by atoms with E-state index in [4.69, 9.17) is 0 Å². The minimum absolute atomic E-state index is 0.0324. The number of carbonyl (C=O) groups excluding carboxylic acids is 1. The summed E-state index contributed by atoms with van der Waals surface area (Å²) in [4.78, 5) is 22.0. The maximum atomic E-state index is 13.1. The smallest absolute Gasteiger partial charge is 0.406 e. The third-order valence-corrected chi connectivity index (χ3v) is 9.07. The molecule has 3 atom stereocenters. The molecule has 1 aromatic heterocycles. The second-order valence-corrected chi connectivity index (χ2v) is 12.4. The van der Waals surface area contributed by atoms with Crippen LogP contribution in [-0.2, 0) is 4.79 Å². The summed E-state index contributed by atoms with van der Waals surface area (Å²) in [6.45, 7) is 6.48. The molecular formula is C34H31F3N4O2S. The van der Waals surface area contributed by atoms with E-state index < -0.39 is 6.36 Å². The Morgan fingerprint density at radius 1 is 1.07 bits per heavy atom. The van der Waals surface area contributed by atoms with Gasteiger partial charge in [0.25, 0.3) is 0 Å². The molecule has 6 rings (SSSR count). The fraction of sp³-hybridized carbons (Fsp3) is 0.294. The molecule has 1 fully saturated rings. The molecule has 226 valence electrons. The van der Waals surface area contributed by atoms with Gasteiger partial charge in [-0.2, -0.15) is 0 Å². The predicted octanol–water partition coefficient (Wildman–Crippen LogP) is 8.81. The van der Waals surface area contributed by atoms with E-state index in [0.29, 0.717) is 29.8 Å². The summed E-state index contributed by atoms with van der Waals surface area (Å²) >= 11 is 1.56. The average molecular weight is 617 g/mol. The highest BCUT2D eigenvalue weighted by atomic mass is 32.2. The van der Waals surface area contributed by atoms with Crippen LogP contribution in [0.15, 0.2) is 95.1 Å². The van der Waals surface area contributed by atoms with Crippen LogP contribution in [0, 0.1) is 5.92 Å². The molecule has 2 heterocycles. The average Bonchev–Trinajstić information content (AvgIpc) is 3.39. The second kappa shape index (κ2) is 12.1. The lowest BCUT2D eigenvalue weighted by Gasteiger charge is -2.19. The maximum absolute atomic E-state index is 13.1. The zero-order chi connectivity index (χ0) is 31.0. The van der Waals surface area contributed by atoms with E-state index in [1.165, 1.54) is 52.0 Å². The Kier molecular flexibility index (Phi) is 8.20. The number of carbonyl (C=O) groups is 1. The van der Waals surface area contributed by atoms with Gasteiger partial charge in [0.2, 0.25) is 5.91 Å². The highest BCUT2D eigenvalue weighted by Gasteiger charge is 2.40. The summed E-state index contributed by atoms with van der Waals surface area (Å²) in [5.74, 6) is 1.12. The van der Waals surface area contributed by atoms with Gasteiger partial charge in [0.1, 0.15) is 12.1 Å². The first kappa shape index (κ1) is 29.9. The van der Waals surface area contributed by atoms with E-state index in [2.05, 4.69) is 70.3 Å². The standard InChI is InChI=1S/C34H31F3N4O2S/c1-20(2)27-6-4-5-7-28(27)31-21(3)18-44-33(31)39-30(42)17-24-16-29(24)22-8-10-23(11-9-22)32-38-19-41(40-32)25-12-14-26(15-13-25)43-34(35,36)37/h4-15,18-20,24,29,31H,16-17H2,1-3H3. The van der Waals surface area contributed by atoms with Crippen molar-refractivity contribution in [2.24, 2.45) is 10.9 Å². The molecule has 1 amide bonds. The van der Waals surface area contributed by atoms with E-state index in [-0.39, 0.29) is 23.5 Å². The van der Waals surface area contributed by atoms with Crippen LogP contribution in [0.4, 0.5) is 13.2 Å². The summed E-state index contributed by atoms with van der Waals surface area (Å²) in [5, 5.41) is 7.44. The van der Waals surface area contributed by atoms with Crippen LogP contribution in [0.1, 0.15) is 68.1 Å². The van der Waals surface area contributed by atoms with Gasteiger partial charge in [-0.05, 0) is 77.5 Å². The minimum Gasteiger partial charge on any atom is -0.406 e. The number of halogens is 3. The normalized spacial score (nSPS) is 20.7. The highest BCUT2D eigenvalue weighted by Crippen LogP contribution is 2.50. The zero-order valence-corrected chi connectivity index (χ0v) is 25.3. The van der Waals surface area contributed by atoms with Crippen molar-refractivity contribution >= 4 is 22.7 Å². The monoisotopic (exact) mass is 616 g/mol. The Bertz CT molecular complexity index is 1730. The van der Waals surface area contributed by atoms with Gasteiger partial charge in [0, 0.05) is 12.0 Å². The number of allylic oxidation sites excluding steroid dienone is 1. The predicted molar refractivity (Wildman–Crippen MR) is 166 cm³/mol. The molecule has 10 heteroatoms.